The van der Waals surface area contributed by atoms with Crippen LogP contribution in [-0.4, -0.2) is 16.0 Å². The topological polar surface area (TPSA) is 26.5 Å². The lowest BCUT2D eigenvalue weighted by Crippen LogP contribution is -2.04. The highest BCUT2D eigenvalue weighted by atomic mass is 35.5. The third-order valence-electron chi connectivity index (χ3n) is 2.92. The second-order valence-corrected chi connectivity index (χ2v) is 4.58. The fourth-order valence-electron chi connectivity index (χ4n) is 2.04. The summed E-state index contributed by atoms with van der Waals surface area (Å²) < 4.78 is 7.43. The van der Waals surface area contributed by atoms with Crippen molar-refractivity contribution in [1.82, 2.24) is 9.38 Å². The van der Waals surface area contributed by atoms with Gasteiger partial charge in [-0.25, -0.2) is 4.98 Å². The van der Waals surface area contributed by atoms with Crippen molar-refractivity contribution in [1.29, 1.82) is 0 Å². The molecule has 0 aliphatic rings. The minimum atomic E-state index is 0.128. The molecule has 2 aromatic rings. The maximum Gasteiger partial charge on any atom is 0.137 e. The molecule has 0 bridgehead atoms. The first-order valence-electron chi connectivity index (χ1n) is 6.11. The van der Waals surface area contributed by atoms with Gasteiger partial charge in [0.2, 0.25) is 0 Å². The molecular weight excluding hydrogens is 248 g/mol. The van der Waals surface area contributed by atoms with Crippen LogP contribution in [0.5, 0.6) is 0 Å². The zero-order valence-electron chi connectivity index (χ0n) is 10.7. The number of rotatable bonds is 5. The highest BCUT2D eigenvalue weighted by Crippen LogP contribution is 2.27. The van der Waals surface area contributed by atoms with Crippen molar-refractivity contribution in [2.45, 2.75) is 26.2 Å². The maximum absolute atomic E-state index is 5.96. The van der Waals surface area contributed by atoms with Crippen LogP contribution in [0.2, 0.25) is 5.02 Å². The van der Waals surface area contributed by atoms with Crippen LogP contribution in [0.1, 0.15) is 31.9 Å². The number of hydrogen-bond acceptors (Lipinski definition) is 2. The molecule has 0 saturated carbocycles. The Kier molecular flexibility index (Phi) is 3.92. The SMILES string of the molecule is C=C(OCC)C(CC)c1cn2cc(Cl)ccc2n1. The molecule has 2 aromatic heterocycles. The standard InChI is InChI=1S/C14H17ClN2O/c1-4-12(10(3)18-5-2)13-9-17-8-11(15)6-7-14(17)16-13/h6-9,12H,3-5H2,1-2H3. The fraction of sp³-hybridized carbons (Fsp3) is 0.357. The molecule has 0 N–H and O–H groups in total. The van der Waals surface area contributed by atoms with Crippen molar-refractivity contribution < 1.29 is 4.74 Å². The van der Waals surface area contributed by atoms with Gasteiger partial charge in [-0.3, -0.25) is 0 Å². The van der Waals surface area contributed by atoms with E-state index in [1.165, 1.54) is 0 Å². The van der Waals surface area contributed by atoms with E-state index in [0.29, 0.717) is 11.6 Å². The van der Waals surface area contributed by atoms with E-state index in [0.717, 1.165) is 23.5 Å². The summed E-state index contributed by atoms with van der Waals surface area (Å²) in [6.45, 7) is 8.68. The van der Waals surface area contributed by atoms with Gasteiger partial charge < -0.3 is 9.14 Å². The third-order valence-corrected chi connectivity index (χ3v) is 3.14. The molecule has 0 radical (unpaired) electrons. The average molecular weight is 265 g/mol. The molecule has 2 rings (SSSR count). The van der Waals surface area contributed by atoms with E-state index >= 15 is 0 Å². The van der Waals surface area contributed by atoms with Crippen LogP contribution in [0.4, 0.5) is 0 Å². The Hall–Kier alpha value is -1.48. The molecule has 4 heteroatoms. The van der Waals surface area contributed by atoms with Gasteiger partial charge in [-0.05, 0) is 25.5 Å². The second kappa shape index (κ2) is 5.44. The highest BCUT2D eigenvalue weighted by molar-refractivity contribution is 6.30. The molecule has 0 saturated heterocycles. The number of ether oxygens (including phenoxy) is 1. The highest BCUT2D eigenvalue weighted by Gasteiger charge is 2.17. The van der Waals surface area contributed by atoms with Crippen LogP contribution in [0, 0.1) is 0 Å². The first-order chi connectivity index (χ1) is 8.65. The van der Waals surface area contributed by atoms with Gasteiger partial charge in [0.15, 0.2) is 0 Å². The Morgan fingerprint density at radius 2 is 2.22 bits per heavy atom. The monoisotopic (exact) mass is 264 g/mol. The quantitative estimate of drug-likeness (QED) is 0.762. The van der Waals surface area contributed by atoms with E-state index < -0.39 is 0 Å². The van der Waals surface area contributed by atoms with Crippen LogP contribution in [0.3, 0.4) is 0 Å². The largest absolute Gasteiger partial charge is 0.498 e. The van der Waals surface area contributed by atoms with Crippen LogP contribution < -0.4 is 0 Å². The molecule has 0 aliphatic carbocycles. The minimum Gasteiger partial charge on any atom is -0.498 e. The Bertz CT molecular complexity index is 562. The Morgan fingerprint density at radius 3 is 2.89 bits per heavy atom. The van der Waals surface area contributed by atoms with Crippen molar-refractivity contribution >= 4 is 17.2 Å². The van der Waals surface area contributed by atoms with Gasteiger partial charge in [0, 0.05) is 12.4 Å². The molecule has 0 amide bonds. The molecular formula is C14H17ClN2O. The van der Waals surface area contributed by atoms with E-state index in [4.69, 9.17) is 16.3 Å². The van der Waals surface area contributed by atoms with Crippen molar-refractivity contribution in [3.05, 3.63) is 47.6 Å². The van der Waals surface area contributed by atoms with E-state index in [2.05, 4.69) is 18.5 Å². The van der Waals surface area contributed by atoms with Gasteiger partial charge in [-0.15, -0.1) is 0 Å². The maximum atomic E-state index is 5.96. The molecule has 18 heavy (non-hydrogen) atoms. The lowest BCUT2D eigenvalue weighted by molar-refractivity contribution is 0.208. The Morgan fingerprint density at radius 1 is 1.44 bits per heavy atom. The normalized spacial score (nSPS) is 12.6. The molecule has 96 valence electrons. The number of imidazole rings is 1. The summed E-state index contributed by atoms with van der Waals surface area (Å²) in [5.41, 5.74) is 1.86. The average Bonchev–Trinajstić information content (AvgIpc) is 2.72. The lowest BCUT2D eigenvalue weighted by atomic mass is 10.0. The number of halogens is 1. The van der Waals surface area contributed by atoms with Crippen molar-refractivity contribution in [3.63, 3.8) is 0 Å². The third kappa shape index (κ3) is 2.51. The van der Waals surface area contributed by atoms with E-state index in [1.807, 2.05) is 35.9 Å². The number of aromatic nitrogens is 2. The van der Waals surface area contributed by atoms with Gasteiger partial charge in [0.1, 0.15) is 5.65 Å². The molecule has 0 aliphatic heterocycles. The zero-order valence-corrected chi connectivity index (χ0v) is 11.4. The Labute approximate surface area is 112 Å². The lowest BCUT2D eigenvalue weighted by Gasteiger charge is -2.15. The van der Waals surface area contributed by atoms with Gasteiger partial charge in [-0.1, -0.05) is 25.1 Å². The van der Waals surface area contributed by atoms with E-state index in [1.54, 1.807) is 0 Å². The minimum absolute atomic E-state index is 0.128. The molecule has 0 fully saturated rings. The number of fused-ring (bicyclic) bond motifs is 1. The Balaban J connectivity index is 2.36. The predicted octanol–water partition coefficient (Wildman–Crippen LogP) is 4.03. The molecule has 0 aromatic carbocycles. The van der Waals surface area contributed by atoms with Crippen molar-refractivity contribution in [2.24, 2.45) is 0 Å². The summed E-state index contributed by atoms with van der Waals surface area (Å²) in [4.78, 5) is 4.59. The number of nitrogens with zero attached hydrogens (tertiary/aromatic N) is 2. The smallest absolute Gasteiger partial charge is 0.137 e. The summed E-state index contributed by atoms with van der Waals surface area (Å²) in [6.07, 6.45) is 4.75. The molecule has 2 heterocycles. The summed E-state index contributed by atoms with van der Waals surface area (Å²) in [5.74, 6) is 0.901. The molecule has 1 atom stereocenters. The van der Waals surface area contributed by atoms with Crippen molar-refractivity contribution in [3.8, 4) is 0 Å². The molecule has 0 spiro atoms. The van der Waals surface area contributed by atoms with Gasteiger partial charge in [0.05, 0.1) is 29.0 Å². The van der Waals surface area contributed by atoms with Crippen LogP contribution >= 0.6 is 11.6 Å². The van der Waals surface area contributed by atoms with Crippen molar-refractivity contribution in [2.75, 3.05) is 6.61 Å². The van der Waals surface area contributed by atoms with Gasteiger partial charge in [0.25, 0.3) is 0 Å². The first-order valence-corrected chi connectivity index (χ1v) is 6.49. The van der Waals surface area contributed by atoms with E-state index in [-0.39, 0.29) is 5.92 Å². The van der Waals surface area contributed by atoms with Gasteiger partial charge in [-0.2, -0.15) is 0 Å². The first kappa shape index (κ1) is 13.0. The number of allylic oxidation sites excluding steroid dienone is 1. The summed E-state index contributed by atoms with van der Waals surface area (Å²) in [7, 11) is 0. The molecule has 3 nitrogen and oxygen atoms in total. The van der Waals surface area contributed by atoms with Gasteiger partial charge >= 0.3 is 0 Å². The predicted molar refractivity (Wildman–Crippen MR) is 74.0 cm³/mol. The van der Waals surface area contributed by atoms with Crippen LogP contribution in [-0.2, 0) is 4.74 Å². The number of hydrogen-bond donors (Lipinski definition) is 0. The summed E-state index contributed by atoms with van der Waals surface area (Å²) >= 11 is 5.96. The fourth-order valence-corrected chi connectivity index (χ4v) is 2.21. The van der Waals surface area contributed by atoms with Crippen LogP contribution in [0.15, 0.2) is 36.9 Å². The number of pyridine rings is 1. The zero-order chi connectivity index (χ0) is 13.1. The second-order valence-electron chi connectivity index (χ2n) is 4.14. The summed E-state index contributed by atoms with van der Waals surface area (Å²) in [5, 5.41) is 0.697. The van der Waals surface area contributed by atoms with Crippen LogP contribution in [0.25, 0.3) is 5.65 Å². The molecule has 1 unspecified atom stereocenters. The summed E-state index contributed by atoms with van der Waals surface area (Å²) in [6, 6.07) is 3.74. The van der Waals surface area contributed by atoms with E-state index in [9.17, 15) is 0 Å².